The van der Waals surface area contributed by atoms with Crippen LogP contribution in [0.5, 0.6) is 0 Å². The standard InChI is InChI=1S/C25H25Cl2N3/c1-14-10-16(3)24(20(26)12-14)28-18(5)22-8-7-9-23(30-22)19(6)29-25-17(4)11-15(2)13-21(25)27/h7-13,28H,5H2,1-4,6H3. The summed E-state index contributed by atoms with van der Waals surface area (Å²) in [5, 5.41) is 4.61. The summed E-state index contributed by atoms with van der Waals surface area (Å²) in [6.07, 6.45) is 0. The topological polar surface area (TPSA) is 37.3 Å². The van der Waals surface area contributed by atoms with Gasteiger partial charge in [0.1, 0.15) is 0 Å². The molecule has 0 amide bonds. The van der Waals surface area contributed by atoms with Crippen LogP contribution in [0.4, 0.5) is 11.4 Å². The number of halogens is 2. The van der Waals surface area contributed by atoms with E-state index in [0.29, 0.717) is 15.7 Å². The molecule has 3 rings (SSSR count). The molecule has 0 atom stereocenters. The van der Waals surface area contributed by atoms with Crippen molar-refractivity contribution < 1.29 is 0 Å². The molecule has 0 aliphatic carbocycles. The second kappa shape index (κ2) is 9.03. The molecule has 0 aliphatic heterocycles. The summed E-state index contributed by atoms with van der Waals surface area (Å²) in [5.41, 5.74) is 8.87. The van der Waals surface area contributed by atoms with Crippen LogP contribution in [0.2, 0.25) is 10.0 Å². The number of pyridine rings is 1. The molecule has 30 heavy (non-hydrogen) atoms. The Balaban J connectivity index is 1.90. The fraction of sp³-hybridized carbons (Fsp3) is 0.200. The van der Waals surface area contributed by atoms with Gasteiger partial charge < -0.3 is 5.32 Å². The van der Waals surface area contributed by atoms with Crippen LogP contribution in [0, 0.1) is 27.7 Å². The molecule has 1 N–H and O–H groups in total. The molecule has 0 aliphatic rings. The number of hydrogen-bond donors (Lipinski definition) is 1. The van der Waals surface area contributed by atoms with Gasteiger partial charge in [-0.1, -0.05) is 48.0 Å². The molecule has 0 saturated heterocycles. The molecule has 0 bridgehead atoms. The van der Waals surface area contributed by atoms with Crippen LogP contribution in [0.15, 0.2) is 54.0 Å². The molecular weight excluding hydrogens is 413 g/mol. The van der Waals surface area contributed by atoms with Crippen LogP contribution >= 0.6 is 23.2 Å². The van der Waals surface area contributed by atoms with Gasteiger partial charge in [0.25, 0.3) is 0 Å². The molecule has 0 fully saturated rings. The fourth-order valence-electron chi connectivity index (χ4n) is 3.37. The Morgan fingerprint density at radius 1 is 0.900 bits per heavy atom. The van der Waals surface area contributed by atoms with Gasteiger partial charge >= 0.3 is 0 Å². The van der Waals surface area contributed by atoms with Crippen molar-refractivity contribution >= 4 is 46.0 Å². The molecule has 0 unspecified atom stereocenters. The van der Waals surface area contributed by atoms with Gasteiger partial charge in [-0.2, -0.15) is 0 Å². The Labute approximate surface area is 188 Å². The van der Waals surface area contributed by atoms with Crippen LogP contribution < -0.4 is 5.32 Å². The Bertz CT molecular complexity index is 1120. The first-order valence-corrected chi connectivity index (χ1v) is 10.4. The number of rotatable bonds is 5. The van der Waals surface area contributed by atoms with Crippen molar-refractivity contribution in [2.45, 2.75) is 34.6 Å². The van der Waals surface area contributed by atoms with E-state index < -0.39 is 0 Å². The highest BCUT2D eigenvalue weighted by Gasteiger charge is 2.11. The Morgan fingerprint density at radius 2 is 1.50 bits per heavy atom. The molecule has 3 aromatic rings. The number of aliphatic imine (C=N–C) groups is 1. The van der Waals surface area contributed by atoms with Crippen LogP contribution in [0.3, 0.4) is 0 Å². The van der Waals surface area contributed by atoms with E-state index >= 15 is 0 Å². The number of aryl methyl sites for hydroxylation is 4. The first-order valence-electron chi connectivity index (χ1n) is 9.68. The first-order chi connectivity index (χ1) is 14.2. The molecule has 1 aromatic heterocycles. The highest BCUT2D eigenvalue weighted by molar-refractivity contribution is 6.34. The van der Waals surface area contributed by atoms with E-state index in [4.69, 9.17) is 33.2 Å². The van der Waals surface area contributed by atoms with E-state index in [9.17, 15) is 0 Å². The molecule has 2 aromatic carbocycles. The number of nitrogens with zero attached hydrogens (tertiary/aromatic N) is 2. The van der Waals surface area contributed by atoms with Gasteiger partial charge in [-0.05, 0) is 81.1 Å². The average molecular weight is 438 g/mol. The number of nitrogens with one attached hydrogen (secondary N) is 1. The Hall–Kier alpha value is -2.62. The third-order valence-electron chi connectivity index (χ3n) is 4.81. The molecule has 1 heterocycles. The lowest BCUT2D eigenvalue weighted by molar-refractivity contribution is 1.23. The summed E-state index contributed by atoms with van der Waals surface area (Å²) in [4.78, 5) is 9.48. The number of benzene rings is 2. The zero-order valence-corrected chi connectivity index (χ0v) is 19.4. The molecule has 0 saturated carbocycles. The SMILES string of the molecule is C=C(Nc1c(C)cc(C)cc1Cl)c1cccc(C(C)=Nc2c(C)cc(C)cc2Cl)n1. The Kier molecular flexibility index (Phi) is 6.64. The number of anilines is 1. The van der Waals surface area contributed by atoms with Crippen molar-refractivity contribution in [2.24, 2.45) is 4.99 Å². The minimum Gasteiger partial charge on any atom is -0.353 e. The third kappa shape index (κ3) is 4.92. The minimum absolute atomic E-state index is 0.638. The molecule has 5 heteroatoms. The second-order valence-electron chi connectivity index (χ2n) is 7.56. The van der Waals surface area contributed by atoms with Gasteiger partial charge in [0, 0.05) is 0 Å². The lowest BCUT2D eigenvalue weighted by atomic mass is 10.1. The third-order valence-corrected chi connectivity index (χ3v) is 5.40. The van der Waals surface area contributed by atoms with Crippen molar-refractivity contribution in [3.63, 3.8) is 0 Å². The van der Waals surface area contributed by atoms with Gasteiger partial charge in [-0.25, -0.2) is 9.98 Å². The van der Waals surface area contributed by atoms with Crippen LogP contribution in [0.1, 0.15) is 40.6 Å². The zero-order chi connectivity index (χ0) is 22.0. The summed E-state index contributed by atoms with van der Waals surface area (Å²) >= 11 is 12.8. The summed E-state index contributed by atoms with van der Waals surface area (Å²) < 4.78 is 0. The lowest BCUT2D eigenvalue weighted by Crippen LogP contribution is -2.06. The highest BCUT2D eigenvalue weighted by Crippen LogP contribution is 2.31. The fourth-order valence-corrected chi connectivity index (χ4v) is 4.10. The summed E-state index contributed by atoms with van der Waals surface area (Å²) in [6, 6.07) is 13.8. The first kappa shape index (κ1) is 22.1. The maximum Gasteiger partial charge on any atom is 0.0866 e. The monoisotopic (exact) mass is 437 g/mol. The van der Waals surface area contributed by atoms with Crippen molar-refractivity contribution in [1.82, 2.24) is 4.98 Å². The normalized spacial score (nSPS) is 11.5. The Morgan fingerprint density at radius 3 is 2.13 bits per heavy atom. The van der Waals surface area contributed by atoms with Crippen LogP contribution in [-0.4, -0.2) is 10.7 Å². The largest absolute Gasteiger partial charge is 0.353 e. The summed E-state index contributed by atoms with van der Waals surface area (Å²) in [5.74, 6) is 0. The van der Waals surface area contributed by atoms with Crippen LogP contribution in [-0.2, 0) is 0 Å². The van der Waals surface area contributed by atoms with Crippen molar-refractivity contribution in [3.05, 3.63) is 92.7 Å². The average Bonchev–Trinajstić information content (AvgIpc) is 2.67. The van der Waals surface area contributed by atoms with Gasteiger partial charge in [0.05, 0.1) is 44.2 Å². The van der Waals surface area contributed by atoms with Gasteiger partial charge in [0.2, 0.25) is 0 Å². The van der Waals surface area contributed by atoms with Crippen molar-refractivity contribution in [3.8, 4) is 0 Å². The van der Waals surface area contributed by atoms with E-state index in [-0.39, 0.29) is 0 Å². The van der Waals surface area contributed by atoms with Crippen LogP contribution in [0.25, 0.3) is 5.70 Å². The molecule has 0 spiro atoms. The molecule has 0 radical (unpaired) electrons. The predicted octanol–water partition coefficient (Wildman–Crippen LogP) is 7.85. The molecule has 154 valence electrons. The lowest BCUT2D eigenvalue weighted by Gasteiger charge is -2.15. The smallest absolute Gasteiger partial charge is 0.0866 e. The number of hydrogen-bond acceptors (Lipinski definition) is 3. The summed E-state index contributed by atoms with van der Waals surface area (Å²) in [6.45, 7) is 14.1. The van der Waals surface area contributed by atoms with E-state index in [1.165, 1.54) is 0 Å². The van der Waals surface area contributed by atoms with Crippen molar-refractivity contribution in [1.29, 1.82) is 0 Å². The van der Waals surface area contributed by atoms with Crippen molar-refractivity contribution in [2.75, 3.05) is 5.32 Å². The van der Waals surface area contributed by atoms with Gasteiger partial charge in [0.15, 0.2) is 0 Å². The zero-order valence-electron chi connectivity index (χ0n) is 17.9. The van der Waals surface area contributed by atoms with Gasteiger partial charge in [-0.15, -0.1) is 0 Å². The van der Waals surface area contributed by atoms with E-state index in [2.05, 4.69) is 24.0 Å². The maximum absolute atomic E-state index is 6.42. The van der Waals surface area contributed by atoms with Gasteiger partial charge in [-0.3, -0.25) is 0 Å². The second-order valence-corrected chi connectivity index (χ2v) is 8.37. The highest BCUT2D eigenvalue weighted by atomic mass is 35.5. The van der Waals surface area contributed by atoms with E-state index in [1.807, 2.05) is 65.0 Å². The predicted molar refractivity (Wildman–Crippen MR) is 131 cm³/mol. The molecular formula is C25H25Cl2N3. The van der Waals surface area contributed by atoms with E-state index in [1.54, 1.807) is 0 Å². The maximum atomic E-state index is 6.42. The quantitative estimate of drug-likeness (QED) is 0.412. The van der Waals surface area contributed by atoms with E-state index in [0.717, 1.165) is 50.7 Å². The number of aromatic nitrogens is 1. The minimum atomic E-state index is 0.638. The molecule has 3 nitrogen and oxygen atoms in total. The summed E-state index contributed by atoms with van der Waals surface area (Å²) in [7, 11) is 0.